The van der Waals surface area contributed by atoms with Crippen LogP contribution in [0.1, 0.15) is 25.0 Å². The maximum Gasteiger partial charge on any atom is 0.416 e. The molecule has 2 rings (SSSR count). The number of methoxy groups -OCH3 is 1. The van der Waals surface area contributed by atoms with Crippen LogP contribution in [0.5, 0.6) is 0 Å². The number of esters is 2. The molecule has 0 saturated carbocycles. The van der Waals surface area contributed by atoms with E-state index < -0.39 is 48.3 Å². The Kier molecular flexibility index (Phi) is 6.84. The molecule has 0 amide bonds. The summed E-state index contributed by atoms with van der Waals surface area (Å²) in [4.78, 5) is 25.1. The summed E-state index contributed by atoms with van der Waals surface area (Å²) >= 11 is 0. The van der Waals surface area contributed by atoms with Crippen LogP contribution in [0.4, 0.5) is 13.2 Å². The van der Waals surface area contributed by atoms with Gasteiger partial charge in [0.05, 0.1) is 30.8 Å². The van der Waals surface area contributed by atoms with E-state index in [4.69, 9.17) is 14.6 Å². The zero-order chi connectivity index (χ0) is 21.1. The molecule has 0 fully saturated rings. The first-order valence-electron chi connectivity index (χ1n) is 8.66. The van der Waals surface area contributed by atoms with Crippen LogP contribution in [0, 0.1) is 5.92 Å². The average Bonchev–Trinajstić information content (AvgIpc) is 2.64. The van der Waals surface area contributed by atoms with Crippen molar-refractivity contribution in [1.29, 1.82) is 0 Å². The number of halogens is 3. The summed E-state index contributed by atoms with van der Waals surface area (Å²) in [6.07, 6.45) is -4.69. The Hall–Kier alpha value is -2.39. The molecule has 1 aromatic carbocycles. The third-order valence-electron chi connectivity index (χ3n) is 4.56. The first kappa shape index (κ1) is 21.9. The van der Waals surface area contributed by atoms with E-state index >= 15 is 0 Å². The molecule has 9 heteroatoms. The van der Waals surface area contributed by atoms with Gasteiger partial charge in [-0.15, -0.1) is 0 Å². The maximum atomic E-state index is 13.6. The van der Waals surface area contributed by atoms with Crippen molar-refractivity contribution in [3.05, 3.63) is 41.0 Å². The van der Waals surface area contributed by atoms with E-state index in [2.05, 4.69) is 5.32 Å². The molecule has 154 valence electrons. The maximum absolute atomic E-state index is 13.6. The van der Waals surface area contributed by atoms with E-state index in [-0.39, 0.29) is 23.3 Å². The first-order chi connectivity index (χ1) is 13.1. The topological polar surface area (TPSA) is 84.9 Å². The van der Waals surface area contributed by atoms with Gasteiger partial charge in [-0.1, -0.05) is 18.2 Å². The Balaban J connectivity index is 2.79. The lowest BCUT2D eigenvalue weighted by Crippen LogP contribution is -2.50. The van der Waals surface area contributed by atoms with Gasteiger partial charge >= 0.3 is 18.1 Å². The van der Waals surface area contributed by atoms with E-state index in [0.29, 0.717) is 0 Å². The van der Waals surface area contributed by atoms with Crippen LogP contribution in [0.3, 0.4) is 0 Å². The predicted molar refractivity (Wildman–Crippen MR) is 94.0 cm³/mol. The van der Waals surface area contributed by atoms with Crippen LogP contribution in [0.2, 0.25) is 0 Å². The van der Waals surface area contributed by atoms with Gasteiger partial charge in [0.15, 0.2) is 0 Å². The summed E-state index contributed by atoms with van der Waals surface area (Å²) in [6, 6.07) is 3.48. The molecule has 1 aliphatic heterocycles. The number of nitrogens with one attached hydrogen (secondary N) is 1. The zero-order valence-electron chi connectivity index (χ0n) is 15.7. The van der Waals surface area contributed by atoms with Crippen molar-refractivity contribution >= 4 is 17.5 Å². The second-order valence-corrected chi connectivity index (χ2v) is 6.41. The number of ether oxygens (including phenoxy) is 2. The van der Waals surface area contributed by atoms with Crippen LogP contribution in [0.15, 0.2) is 29.8 Å². The molecule has 1 aromatic rings. The lowest BCUT2D eigenvalue weighted by atomic mass is 9.77. The highest BCUT2D eigenvalue weighted by Gasteiger charge is 2.44. The van der Waals surface area contributed by atoms with Crippen molar-refractivity contribution < 1.29 is 37.3 Å². The summed E-state index contributed by atoms with van der Waals surface area (Å²) in [5, 5.41) is 11.9. The fourth-order valence-corrected chi connectivity index (χ4v) is 3.46. The summed E-state index contributed by atoms with van der Waals surface area (Å²) < 4.78 is 50.7. The SMILES string of the molecule is COC(=O)C1=C(c2ccccc2C(F)(F)F)C(C(=O)OCCO)C(C)NC1C. The smallest absolute Gasteiger partial charge is 0.416 e. The monoisotopic (exact) mass is 401 g/mol. The van der Waals surface area contributed by atoms with Crippen LogP contribution in [-0.2, 0) is 25.2 Å². The third-order valence-corrected chi connectivity index (χ3v) is 4.56. The number of rotatable bonds is 5. The fourth-order valence-electron chi connectivity index (χ4n) is 3.46. The number of alkyl halides is 3. The van der Waals surface area contributed by atoms with Crippen LogP contribution in [-0.4, -0.2) is 49.5 Å². The number of benzene rings is 1. The Labute approximate surface area is 160 Å². The summed E-state index contributed by atoms with van der Waals surface area (Å²) in [5.41, 5.74) is -1.39. The number of carbonyl (C=O) groups excluding carboxylic acids is 2. The Morgan fingerprint density at radius 1 is 1.21 bits per heavy atom. The third kappa shape index (κ3) is 4.36. The largest absolute Gasteiger partial charge is 0.466 e. The molecule has 1 heterocycles. The van der Waals surface area contributed by atoms with Crippen LogP contribution < -0.4 is 5.32 Å². The molecule has 0 aliphatic carbocycles. The van der Waals surface area contributed by atoms with Crippen molar-refractivity contribution in [2.45, 2.75) is 32.1 Å². The first-order valence-corrected chi connectivity index (χ1v) is 8.66. The van der Waals surface area contributed by atoms with Crippen LogP contribution >= 0.6 is 0 Å². The molecule has 2 N–H and O–H groups in total. The molecular formula is C19H22F3NO5. The van der Waals surface area contributed by atoms with Gasteiger partial charge in [-0.25, -0.2) is 4.79 Å². The molecule has 0 radical (unpaired) electrons. The van der Waals surface area contributed by atoms with Gasteiger partial charge in [-0.3, -0.25) is 4.79 Å². The molecule has 6 nitrogen and oxygen atoms in total. The van der Waals surface area contributed by atoms with Crippen LogP contribution in [0.25, 0.3) is 5.57 Å². The van der Waals surface area contributed by atoms with E-state index in [1.165, 1.54) is 18.2 Å². The number of hydrogen-bond acceptors (Lipinski definition) is 6. The zero-order valence-corrected chi connectivity index (χ0v) is 15.7. The minimum Gasteiger partial charge on any atom is -0.466 e. The summed E-state index contributed by atoms with van der Waals surface area (Å²) in [5.74, 6) is -2.87. The molecule has 28 heavy (non-hydrogen) atoms. The summed E-state index contributed by atoms with van der Waals surface area (Å²) in [7, 11) is 1.12. The lowest BCUT2D eigenvalue weighted by molar-refractivity contribution is -0.148. The van der Waals surface area contributed by atoms with E-state index in [0.717, 1.165) is 13.2 Å². The molecule has 0 aromatic heterocycles. The highest BCUT2D eigenvalue weighted by Crippen LogP contribution is 2.42. The van der Waals surface area contributed by atoms with Gasteiger partial charge in [0, 0.05) is 12.1 Å². The highest BCUT2D eigenvalue weighted by atomic mass is 19.4. The molecule has 0 bridgehead atoms. The van der Waals surface area contributed by atoms with E-state index in [1.807, 2.05) is 0 Å². The van der Waals surface area contributed by atoms with Crippen molar-refractivity contribution in [3.8, 4) is 0 Å². The van der Waals surface area contributed by atoms with Gasteiger partial charge in [0.2, 0.25) is 0 Å². The normalized spacial score (nSPS) is 22.8. The van der Waals surface area contributed by atoms with Crippen molar-refractivity contribution in [3.63, 3.8) is 0 Å². The molecule has 3 unspecified atom stereocenters. The minimum absolute atomic E-state index is 0.0664. The quantitative estimate of drug-likeness (QED) is 0.736. The summed E-state index contributed by atoms with van der Waals surface area (Å²) in [6.45, 7) is 2.48. The minimum atomic E-state index is -4.69. The predicted octanol–water partition coefficient (Wildman–Crippen LogP) is 2.16. The van der Waals surface area contributed by atoms with Crippen molar-refractivity contribution in [2.75, 3.05) is 20.3 Å². The Bertz CT molecular complexity index is 775. The highest BCUT2D eigenvalue weighted by molar-refractivity contribution is 6.04. The number of aliphatic hydroxyl groups is 1. The molecular weight excluding hydrogens is 379 g/mol. The molecule has 1 aliphatic rings. The number of hydrogen-bond donors (Lipinski definition) is 2. The Morgan fingerprint density at radius 2 is 1.86 bits per heavy atom. The molecule has 0 spiro atoms. The molecule has 0 saturated heterocycles. The van der Waals surface area contributed by atoms with E-state index in [9.17, 15) is 22.8 Å². The second-order valence-electron chi connectivity index (χ2n) is 6.41. The van der Waals surface area contributed by atoms with Gasteiger partial charge in [0.1, 0.15) is 6.61 Å². The van der Waals surface area contributed by atoms with E-state index in [1.54, 1.807) is 13.8 Å². The molecule has 3 atom stereocenters. The standard InChI is InChI=1S/C19H22F3NO5/c1-10-14(17(25)27-3)16(12-6-4-5-7-13(12)19(20,21)22)15(11(2)23-10)18(26)28-9-8-24/h4-7,10-11,15,23-24H,8-9H2,1-3H3. The van der Waals surface area contributed by atoms with Gasteiger partial charge < -0.3 is 19.9 Å². The van der Waals surface area contributed by atoms with Gasteiger partial charge in [0.25, 0.3) is 0 Å². The fraction of sp³-hybridized carbons (Fsp3) is 0.474. The average molecular weight is 401 g/mol. The van der Waals surface area contributed by atoms with Gasteiger partial charge in [-0.2, -0.15) is 13.2 Å². The van der Waals surface area contributed by atoms with Gasteiger partial charge in [-0.05, 0) is 31.1 Å². The Morgan fingerprint density at radius 3 is 2.43 bits per heavy atom. The van der Waals surface area contributed by atoms with Crippen molar-refractivity contribution in [1.82, 2.24) is 5.32 Å². The lowest BCUT2D eigenvalue weighted by Gasteiger charge is -2.37. The van der Waals surface area contributed by atoms with Crippen molar-refractivity contribution in [2.24, 2.45) is 5.92 Å². The number of aliphatic hydroxyl groups excluding tert-OH is 1. The number of carbonyl (C=O) groups is 2. The second kappa shape index (κ2) is 8.74.